The van der Waals surface area contributed by atoms with E-state index in [-0.39, 0.29) is 6.61 Å². The minimum atomic E-state index is -0.771. The van der Waals surface area contributed by atoms with E-state index in [2.05, 4.69) is 10.5 Å². The average Bonchev–Trinajstić information content (AvgIpc) is 3.16. The zero-order valence-corrected chi connectivity index (χ0v) is 14.9. The first-order valence-electron chi connectivity index (χ1n) is 8.45. The lowest BCUT2D eigenvalue weighted by Gasteiger charge is -2.24. The number of amides is 1. The predicted molar refractivity (Wildman–Crippen MR) is 99.5 cm³/mol. The molecule has 0 aliphatic carbocycles. The molecule has 7 nitrogen and oxygen atoms in total. The normalized spacial score (nSPS) is 16.2. The first-order valence-corrected chi connectivity index (χ1v) is 8.45. The van der Waals surface area contributed by atoms with Gasteiger partial charge in [-0.3, -0.25) is 4.79 Å². The molecule has 27 heavy (non-hydrogen) atoms. The van der Waals surface area contributed by atoms with E-state index in [1.807, 2.05) is 36.4 Å². The molecule has 3 aromatic rings. The molecule has 4 rings (SSSR count). The molecular weight excluding hydrogens is 348 g/mol. The number of carbonyl (C=O) groups is 1. The highest BCUT2D eigenvalue weighted by Gasteiger charge is 2.27. The van der Waals surface area contributed by atoms with E-state index >= 15 is 0 Å². The number of hydrogen-bond donors (Lipinski definition) is 1. The Morgan fingerprint density at radius 1 is 1.19 bits per heavy atom. The van der Waals surface area contributed by atoms with Crippen LogP contribution in [0.5, 0.6) is 17.2 Å². The topological polar surface area (TPSA) is 82.3 Å². The Morgan fingerprint density at radius 2 is 2.00 bits per heavy atom. The fraction of sp³-hybridized carbons (Fsp3) is 0.200. The molecule has 0 saturated carbocycles. The monoisotopic (exact) mass is 366 g/mol. The second-order valence-electron chi connectivity index (χ2n) is 6.03. The summed E-state index contributed by atoms with van der Waals surface area (Å²) >= 11 is 0. The number of carbonyl (C=O) groups excluding carboxylic acids is 1. The maximum Gasteiger partial charge on any atom is 0.284 e. The van der Waals surface area contributed by atoms with Crippen molar-refractivity contribution in [1.82, 2.24) is 5.43 Å². The van der Waals surface area contributed by atoms with Crippen LogP contribution in [-0.2, 0) is 4.79 Å². The van der Waals surface area contributed by atoms with Crippen LogP contribution < -0.4 is 19.6 Å². The standard InChI is InChI=1S/C20H18N2O5/c1-12(17-10-13-6-5-9-16(24-2)19(13)27-17)21-22-20(23)18-11-25-14-7-3-4-8-15(14)26-18/h3-10,18H,11H2,1-2H3,(H,22,23)/b21-12-/t18-/m0/s1. The molecule has 1 atom stereocenters. The highest BCUT2D eigenvalue weighted by molar-refractivity contribution is 6.01. The number of rotatable bonds is 4. The zero-order valence-electron chi connectivity index (χ0n) is 14.9. The summed E-state index contributed by atoms with van der Waals surface area (Å²) in [5, 5.41) is 5.02. The van der Waals surface area contributed by atoms with Gasteiger partial charge in [-0.15, -0.1) is 0 Å². The molecule has 2 heterocycles. The van der Waals surface area contributed by atoms with Crippen molar-refractivity contribution in [3.8, 4) is 17.2 Å². The van der Waals surface area contributed by atoms with Gasteiger partial charge in [-0.25, -0.2) is 5.43 Å². The summed E-state index contributed by atoms with van der Waals surface area (Å²) in [6, 6.07) is 14.7. The number of hydrazone groups is 1. The summed E-state index contributed by atoms with van der Waals surface area (Å²) < 4.78 is 22.3. The minimum absolute atomic E-state index is 0.124. The Balaban J connectivity index is 1.47. The van der Waals surface area contributed by atoms with Gasteiger partial charge in [0.15, 0.2) is 28.6 Å². The van der Waals surface area contributed by atoms with Gasteiger partial charge in [0.05, 0.1) is 7.11 Å². The van der Waals surface area contributed by atoms with Crippen LogP contribution in [0, 0.1) is 0 Å². The lowest BCUT2D eigenvalue weighted by Crippen LogP contribution is -2.42. The summed E-state index contributed by atoms with van der Waals surface area (Å²) in [6.07, 6.45) is -0.771. The highest BCUT2D eigenvalue weighted by atomic mass is 16.6. The first-order chi connectivity index (χ1) is 13.2. The molecular formula is C20H18N2O5. The van der Waals surface area contributed by atoms with Crippen molar-refractivity contribution >= 4 is 22.6 Å². The van der Waals surface area contributed by atoms with Gasteiger partial charge in [-0.05, 0) is 31.2 Å². The molecule has 0 saturated heterocycles. The van der Waals surface area contributed by atoms with Crippen molar-refractivity contribution in [3.05, 3.63) is 54.3 Å². The van der Waals surface area contributed by atoms with Gasteiger partial charge in [0, 0.05) is 5.39 Å². The van der Waals surface area contributed by atoms with Crippen molar-refractivity contribution in [3.63, 3.8) is 0 Å². The number of nitrogens with zero attached hydrogens (tertiary/aromatic N) is 1. The Bertz CT molecular complexity index is 1020. The largest absolute Gasteiger partial charge is 0.493 e. The van der Waals surface area contributed by atoms with E-state index in [4.69, 9.17) is 18.6 Å². The van der Waals surface area contributed by atoms with E-state index in [1.165, 1.54) is 0 Å². The molecule has 7 heteroatoms. The van der Waals surface area contributed by atoms with Gasteiger partial charge in [0.1, 0.15) is 12.3 Å². The molecule has 1 aromatic heterocycles. The summed E-state index contributed by atoms with van der Waals surface area (Å²) in [4.78, 5) is 12.3. The van der Waals surface area contributed by atoms with Gasteiger partial charge in [0.25, 0.3) is 5.91 Å². The first kappa shape index (κ1) is 17.0. The molecule has 138 valence electrons. The molecule has 1 amide bonds. The molecule has 0 bridgehead atoms. The molecule has 0 fully saturated rings. The SMILES string of the molecule is COc1cccc2cc(/C(C)=N\NC(=O)[C@@H]3COc4ccccc4O3)oc12. The summed E-state index contributed by atoms with van der Waals surface area (Å²) in [6.45, 7) is 1.87. The zero-order chi connectivity index (χ0) is 18.8. The number of furan rings is 1. The Morgan fingerprint density at radius 3 is 2.81 bits per heavy atom. The number of methoxy groups -OCH3 is 1. The van der Waals surface area contributed by atoms with Crippen LogP contribution in [0.1, 0.15) is 12.7 Å². The van der Waals surface area contributed by atoms with Gasteiger partial charge in [0.2, 0.25) is 6.10 Å². The Hall–Kier alpha value is -3.48. The molecule has 0 unspecified atom stereocenters. The summed E-state index contributed by atoms with van der Waals surface area (Å²) in [7, 11) is 1.59. The smallest absolute Gasteiger partial charge is 0.284 e. The fourth-order valence-electron chi connectivity index (χ4n) is 2.79. The van der Waals surface area contributed by atoms with Crippen molar-refractivity contribution in [2.75, 3.05) is 13.7 Å². The average molecular weight is 366 g/mol. The van der Waals surface area contributed by atoms with Crippen LogP contribution in [0.25, 0.3) is 11.0 Å². The highest BCUT2D eigenvalue weighted by Crippen LogP contribution is 2.31. The van der Waals surface area contributed by atoms with Crippen molar-refractivity contribution in [1.29, 1.82) is 0 Å². The van der Waals surface area contributed by atoms with Gasteiger partial charge < -0.3 is 18.6 Å². The van der Waals surface area contributed by atoms with E-state index in [0.29, 0.717) is 34.3 Å². The van der Waals surface area contributed by atoms with Crippen LogP contribution in [0.15, 0.2) is 58.0 Å². The van der Waals surface area contributed by atoms with E-state index < -0.39 is 12.0 Å². The lowest BCUT2D eigenvalue weighted by atomic mass is 10.2. The molecule has 1 aliphatic heterocycles. The molecule has 1 N–H and O–H groups in total. The summed E-state index contributed by atoms with van der Waals surface area (Å²) in [5.41, 5.74) is 3.67. The number of para-hydroxylation sites is 3. The quantitative estimate of drug-likeness (QED) is 0.567. The number of hydrogen-bond acceptors (Lipinski definition) is 6. The Labute approximate surface area is 155 Å². The van der Waals surface area contributed by atoms with Gasteiger partial charge >= 0.3 is 0 Å². The predicted octanol–water partition coefficient (Wildman–Crippen LogP) is 3.12. The number of fused-ring (bicyclic) bond motifs is 2. The minimum Gasteiger partial charge on any atom is -0.493 e. The molecule has 1 aliphatic rings. The maximum atomic E-state index is 12.3. The van der Waals surface area contributed by atoms with Crippen LogP contribution >= 0.6 is 0 Å². The van der Waals surface area contributed by atoms with Crippen LogP contribution in [0.2, 0.25) is 0 Å². The number of nitrogens with one attached hydrogen (secondary N) is 1. The third kappa shape index (κ3) is 3.31. The van der Waals surface area contributed by atoms with Crippen LogP contribution in [0.3, 0.4) is 0 Å². The number of ether oxygens (including phenoxy) is 3. The second kappa shape index (κ2) is 7.03. The van der Waals surface area contributed by atoms with Crippen molar-refractivity contribution in [2.24, 2.45) is 5.10 Å². The van der Waals surface area contributed by atoms with Crippen LogP contribution in [0.4, 0.5) is 0 Å². The Kier molecular flexibility index (Phi) is 4.42. The molecule has 0 radical (unpaired) electrons. The third-order valence-electron chi connectivity index (χ3n) is 4.22. The molecule has 0 spiro atoms. The second-order valence-corrected chi connectivity index (χ2v) is 6.03. The van der Waals surface area contributed by atoms with E-state index in [0.717, 1.165) is 5.39 Å². The van der Waals surface area contributed by atoms with Gasteiger partial charge in [-0.1, -0.05) is 24.3 Å². The number of benzene rings is 2. The van der Waals surface area contributed by atoms with Crippen LogP contribution in [-0.4, -0.2) is 31.4 Å². The fourth-order valence-corrected chi connectivity index (χ4v) is 2.79. The lowest BCUT2D eigenvalue weighted by molar-refractivity contribution is -0.130. The van der Waals surface area contributed by atoms with Crippen molar-refractivity contribution < 1.29 is 23.4 Å². The third-order valence-corrected chi connectivity index (χ3v) is 4.22. The van der Waals surface area contributed by atoms with Crippen molar-refractivity contribution in [2.45, 2.75) is 13.0 Å². The maximum absolute atomic E-state index is 12.3. The van der Waals surface area contributed by atoms with E-state index in [1.54, 1.807) is 26.2 Å². The molecule has 2 aromatic carbocycles. The van der Waals surface area contributed by atoms with Gasteiger partial charge in [-0.2, -0.15) is 5.10 Å². The van der Waals surface area contributed by atoms with E-state index in [9.17, 15) is 4.79 Å². The summed E-state index contributed by atoms with van der Waals surface area (Å²) in [5.74, 6) is 1.95.